The van der Waals surface area contributed by atoms with Gasteiger partial charge in [0.05, 0.1) is 0 Å². The number of nitrogens with one attached hydrogen (secondary N) is 1. The molecule has 0 atom stereocenters. The minimum absolute atomic E-state index is 0.843. The maximum Gasteiger partial charge on any atom is 0.225 e. The highest BCUT2D eigenvalue weighted by Gasteiger charge is 2.18. The van der Waals surface area contributed by atoms with Crippen molar-refractivity contribution in [2.75, 3.05) is 31.1 Å². The molecule has 1 saturated heterocycles. The average Bonchev–Trinajstić information content (AvgIpc) is 3.04. The monoisotopic (exact) mass is 293 g/mol. The van der Waals surface area contributed by atoms with Crippen LogP contribution in [-0.4, -0.2) is 46.0 Å². The molecule has 1 N–H and O–H groups in total. The third-order valence-electron chi connectivity index (χ3n) is 4.23. The number of aromatic nitrogens is 3. The Balaban J connectivity index is 1.39. The quantitative estimate of drug-likeness (QED) is 0.805. The van der Waals surface area contributed by atoms with Crippen LogP contribution in [0.1, 0.15) is 5.56 Å². The van der Waals surface area contributed by atoms with Gasteiger partial charge in [0.25, 0.3) is 0 Å². The molecular weight excluding hydrogens is 274 g/mol. The number of rotatable bonds is 3. The van der Waals surface area contributed by atoms with Gasteiger partial charge in [0.15, 0.2) is 0 Å². The van der Waals surface area contributed by atoms with Gasteiger partial charge in [-0.3, -0.25) is 4.90 Å². The minimum atomic E-state index is 0.843. The normalized spacial score (nSPS) is 16.3. The summed E-state index contributed by atoms with van der Waals surface area (Å²) in [6.45, 7) is 5.05. The molecule has 0 radical (unpaired) electrons. The van der Waals surface area contributed by atoms with E-state index in [-0.39, 0.29) is 0 Å². The predicted octanol–water partition coefficient (Wildman–Crippen LogP) is 2.28. The Kier molecular flexibility index (Phi) is 3.48. The van der Waals surface area contributed by atoms with Crippen molar-refractivity contribution in [3.05, 3.63) is 54.5 Å². The first-order valence-electron chi connectivity index (χ1n) is 7.69. The second-order valence-electron chi connectivity index (χ2n) is 5.71. The summed E-state index contributed by atoms with van der Waals surface area (Å²) in [6.07, 6.45) is 5.60. The highest BCUT2D eigenvalue weighted by molar-refractivity contribution is 5.79. The van der Waals surface area contributed by atoms with Gasteiger partial charge < -0.3 is 9.88 Å². The molecule has 3 aromatic rings. The number of anilines is 1. The Morgan fingerprint density at radius 3 is 2.64 bits per heavy atom. The van der Waals surface area contributed by atoms with E-state index in [0.717, 1.165) is 38.7 Å². The van der Waals surface area contributed by atoms with E-state index in [0.29, 0.717) is 0 Å². The van der Waals surface area contributed by atoms with Crippen LogP contribution in [0.4, 0.5) is 5.95 Å². The zero-order valence-corrected chi connectivity index (χ0v) is 12.4. The van der Waals surface area contributed by atoms with Gasteiger partial charge in [-0.05, 0) is 29.1 Å². The third-order valence-corrected chi connectivity index (χ3v) is 4.23. The number of nitrogens with zero attached hydrogens (tertiary/aromatic N) is 4. The van der Waals surface area contributed by atoms with Gasteiger partial charge in [-0.1, -0.05) is 12.1 Å². The van der Waals surface area contributed by atoms with Crippen LogP contribution in [0.3, 0.4) is 0 Å². The maximum absolute atomic E-state index is 4.33. The molecule has 22 heavy (non-hydrogen) atoms. The van der Waals surface area contributed by atoms with Crippen LogP contribution in [0.15, 0.2) is 48.9 Å². The molecule has 0 unspecified atom stereocenters. The van der Waals surface area contributed by atoms with E-state index in [4.69, 9.17) is 0 Å². The molecule has 1 aromatic carbocycles. The number of aromatic amines is 1. The van der Waals surface area contributed by atoms with Gasteiger partial charge in [0.1, 0.15) is 0 Å². The maximum atomic E-state index is 4.33. The predicted molar refractivity (Wildman–Crippen MR) is 87.8 cm³/mol. The largest absolute Gasteiger partial charge is 0.361 e. The fraction of sp³-hybridized carbons (Fsp3) is 0.294. The van der Waals surface area contributed by atoms with Crippen molar-refractivity contribution < 1.29 is 0 Å². The summed E-state index contributed by atoms with van der Waals surface area (Å²) in [5, 5.41) is 1.27. The molecule has 0 amide bonds. The minimum Gasteiger partial charge on any atom is -0.361 e. The lowest BCUT2D eigenvalue weighted by Gasteiger charge is -2.34. The van der Waals surface area contributed by atoms with E-state index in [1.165, 1.54) is 16.5 Å². The zero-order chi connectivity index (χ0) is 14.8. The molecule has 0 aliphatic carbocycles. The second-order valence-corrected chi connectivity index (χ2v) is 5.71. The van der Waals surface area contributed by atoms with Crippen molar-refractivity contribution in [3.8, 4) is 0 Å². The van der Waals surface area contributed by atoms with Gasteiger partial charge in [-0.2, -0.15) is 0 Å². The van der Waals surface area contributed by atoms with Gasteiger partial charge in [-0.15, -0.1) is 0 Å². The van der Waals surface area contributed by atoms with E-state index in [1.807, 2.05) is 12.3 Å². The molecule has 0 bridgehead atoms. The van der Waals surface area contributed by atoms with Gasteiger partial charge in [0.2, 0.25) is 5.95 Å². The van der Waals surface area contributed by atoms with Crippen LogP contribution in [0.25, 0.3) is 10.9 Å². The van der Waals surface area contributed by atoms with E-state index >= 15 is 0 Å². The summed E-state index contributed by atoms with van der Waals surface area (Å²) < 4.78 is 0. The topological polar surface area (TPSA) is 48.1 Å². The van der Waals surface area contributed by atoms with E-state index in [9.17, 15) is 0 Å². The van der Waals surface area contributed by atoms with E-state index < -0.39 is 0 Å². The summed E-state index contributed by atoms with van der Waals surface area (Å²) in [4.78, 5) is 16.7. The first-order chi connectivity index (χ1) is 10.9. The van der Waals surface area contributed by atoms with Gasteiger partial charge >= 0.3 is 0 Å². The Bertz CT molecular complexity index is 744. The number of piperazine rings is 1. The molecule has 1 aliphatic rings. The third kappa shape index (κ3) is 2.67. The Hall–Kier alpha value is -2.40. The lowest BCUT2D eigenvalue weighted by atomic mass is 10.1. The number of hydrogen-bond donors (Lipinski definition) is 1. The van der Waals surface area contributed by atoms with Gasteiger partial charge in [-0.25, -0.2) is 9.97 Å². The molecule has 5 heteroatoms. The molecule has 0 saturated carbocycles. The zero-order valence-electron chi connectivity index (χ0n) is 12.4. The number of fused-ring (bicyclic) bond motifs is 1. The number of H-pyrrole nitrogens is 1. The summed E-state index contributed by atoms with van der Waals surface area (Å²) >= 11 is 0. The van der Waals surface area contributed by atoms with Crippen LogP contribution >= 0.6 is 0 Å². The smallest absolute Gasteiger partial charge is 0.225 e. The van der Waals surface area contributed by atoms with Crippen molar-refractivity contribution >= 4 is 16.9 Å². The lowest BCUT2D eigenvalue weighted by molar-refractivity contribution is 0.249. The van der Waals surface area contributed by atoms with E-state index in [1.54, 1.807) is 12.4 Å². The van der Waals surface area contributed by atoms with Crippen LogP contribution in [0.5, 0.6) is 0 Å². The van der Waals surface area contributed by atoms with Crippen LogP contribution in [-0.2, 0) is 6.54 Å². The Morgan fingerprint density at radius 1 is 1.00 bits per heavy atom. The number of hydrogen-bond acceptors (Lipinski definition) is 4. The first kappa shape index (κ1) is 13.3. The van der Waals surface area contributed by atoms with Crippen molar-refractivity contribution in [1.29, 1.82) is 0 Å². The molecule has 2 aromatic heterocycles. The molecule has 5 nitrogen and oxygen atoms in total. The molecule has 4 rings (SSSR count). The summed E-state index contributed by atoms with van der Waals surface area (Å²) in [6, 6.07) is 10.6. The molecule has 1 fully saturated rings. The molecule has 1 aliphatic heterocycles. The first-order valence-corrected chi connectivity index (χ1v) is 7.69. The van der Waals surface area contributed by atoms with Crippen LogP contribution in [0.2, 0.25) is 0 Å². The highest BCUT2D eigenvalue weighted by Crippen LogP contribution is 2.17. The molecular formula is C17H19N5. The van der Waals surface area contributed by atoms with Gasteiger partial charge in [0, 0.05) is 56.8 Å². The lowest BCUT2D eigenvalue weighted by Crippen LogP contribution is -2.46. The Morgan fingerprint density at radius 2 is 1.82 bits per heavy atom. The average molecular weight is 293 g/mol. The van der Waals surface area contributed by atoms with Crippen LogP contribution in [0, 0.1) is 0 Å². The number of benzene rings is 1. The summed E-state index contributed by atoms with van der Waals surface area (Å²) in [5.74, 6) is 0.843. The fourth-order valence-electron chi connectivity index (χ4n) is 3.01. The summed E-state index contributed by atoms with van der Waals surface area (Å²) in [7, 11) is 0. The highest BCUT2D eigenvalue weighted by atomic mass is 15.3. The van der Waals surface area contributed by atoms with Crippen LogP contribution < -0.4 is 4.90 Å². The van der Waals surface area contributed by atoms with Crippen molar-refractivity contribution in [1.82, 2.24) is 19.9 Å². The fourth-order valence-corrected chi connectivity index (χ4v) is 3.01. The Labute approximate surface area is 129 Å². The second kappa shape index (κ2) is 5.77. The van der Waals surface area contributed by atoms with E-state index in [2.05, 4.69) is 49.0 Å². The standard InChI is InChI=1S/C17H19N5/c1-5-19-17(20-6-1)22-10-8-21(9-11-22)13-14-2-3-15-4-7-18-16(15)12-14/h1-7,12,18H,8-11,13H2. The molecule has 3 heterocycles. The molecule has 112 valence electrons. The molecule has 0 spiro atoms. The summed E-state index contributed by atoms with van der Waals surface area (Å²) in [5.41, 5.74) is 2.58. The SMILES string of the molecule is c1cnc(N2CCN(Cc3ccc4cc[nH]c4c3)CC2)nc1. The van der Waals surface area contributed by atoms with Crippen molar-refractivity contribution in [2.45, 2.75) is 6.54 Å². The van der Waals surface area contributed by atoms with Crippen molar-refractivity contribution in [3.63, 3.8) is 0 Å². The van der Waals surface area contributed by atoms with Crippen molar-refractivity contribution in [2.24, 2.45) is 0 Å².